The van der Waals surface area contributed by atoms with Crippen LogP contribution < -0.4 is 0 Å². The van der Waals surface area contributed by atoms with Crippen LogP contribution in [0.5, 0.6) is 0 Å². The van der Waals surface area contributed by atoms with Gasteiger partial charge in [-0.15, -0.1) is 11.6 Å². The maximum absolute atomic E-state index is 14.8. The van der Waals surface area contributed by atoms with Crippen LogP contribution in [0.25, 0.3) is 0 Å². The summed E-state index contributed by atoms with van der Waals surface area (Å²) < 4.78 is 53.1. The molecule has 3 amide bonds. The molecule has 6 rings (SSSR count). The van der Waals surface area contributed by atoms with Gasteiger partial charge < -0.3 is 19.3 Å². The molecular weight excluding hydrogens is 834 g/mol. The van der Waals surface area contributed by atoms with E-state index in [4.69, 9.17) is 32.7 Å². The number of benzene rings is 1. The van der Waals surface area contributed by atoms with Crippen molar-refractivity contribution in [1.82, 2.24) is 14.7 Å². The van der Waals surface area contributed by atoms with Crippen molar-refractivity contribution < 1.29 is 55.8 Å². The molecular formula is C40H50Cl2FN4O11S+. The van der Waals surface area contributed by atoms with Gasteiger partial charge in [0.1, 0.15) is 23.4 Å². The summed E-state index contributed by atoms with van der Waals surface area (Å²) in [5.74, 6) is -6.33. The minimum absolute atomic E-state index is 0.0263. The summed E-state index contributed by atoms with van der Waals surface area (Å²) in [7, 11) is -4.31. The number of hydrogen-bond donors (Lipinski definition) is 0. The maximum Gasteiger partial charge on any atom is 0.410 e. The molecule has 0 spiro atoms. The van der Waals surface area contributed by atoms with Crippen molar-refractivity contribution in [3.05, 3.63) is 52.2 Å². The van der Waals surface area contributed by atoms with E-state index < -0.39 is 121 Å². The lowest BCUT2D eigenvalue weighted by atomic mass is 9.87. The van der Waals surface area contributed by atoms with Gasteiger partial charge in [0.15, 0.2) is 5.78 Å². The zero-order valence-corrected chi connectivity index (χ0v) is 35.6. The van der Waals surface area contributed by atoms with Crippen molar-refractivity contribution in [2.24, 2.45) is 17.3 Å². The van der Waals surface area contributed by atoms with E-state index in [1.807, 2.05) is 0 Å². The van der Waals surface area contributed by atoms with E-state index in [0.29, 0.717) is 24.0 Å². The summed E-state index contributed by atoms with van der Waals surface area (Å²) in [6.07, 6.45) is 1.70. The Morgan fingerprint density at radius 3 is 2.44 bits per heavy atom. The van der Waals surface area contributed by atoms with Gasteiger partial charge in [-0.05, 0) is 82.0 Å². The number of carbonyl (C=O) groups is 6. The molecule has 322 valence electrons. The number of ether oxygens (including phenoxy) is 2. The Hall–Kier alpha value is -3.96. The van der Waals surface area contributed by atoms with E-state index in [1.54, 1.807) is 39.0 Å². The predicted octanol–water partition coefficient (Wildman–Crippen LogP) is 4.43. The lowest BCUT2D eigenvalue weighted by Gasteiger charge is -2.32. The van der Waals surface area contributed by atoms with Crippen molar-refractivity contribution >= 4 is 68.5 Å². The highest BCUT2D eigenvalue weighted by molar-refractivity contribution is 7.93. The van der Waals surface area contributed by atoms with Crippen molar-refractivity contribution in [1.29, 1.82) is 0 Å². The van der Waals surface area contributed by atoms with Crippen LogP contribution in [0, 0.1) is 28.0 Å². The highest BCUT2D eigenvalue weighted by Gasteiger charge is 2.68. The molecule has 3 heterocycles. The van der Waals surface area contributed by atoms with Crippen LogP contribution in [0.15, 0.2) is 30.4 Å². The summed E-state index contributed by atoms with van der Waals surface area (Å²) in [4.78, 5) is 101. The van der Waals surface area contributed by atoms with E-state index in [2.05, 4.69) is 0 Å². The molecule has 15 nitrogen and oxygen atoms in total. The minimum Gasteiger partial charge on any atom is -0.460 e. The zero-order chi connectivity index (χ0) is 43.0. The number of amides is 3. The molecule has 19 heteroatoms. The monoisotopic (exact) mass is 883 g/mol. The first-order valence-electron chi connectivity index (χ1n) is 19.8. The Labute approximate surface area is 352 Å². The summed E-state index contributed by atoms with van der Waals surface area (Å²) in [5, 5.41) is -3.03. The Morgan fingerprint density at radius 1 is 1.07 bits per heavy atom. The lowest BCUT2D eigenvalue weighted by molar-refractivity contribution is -0.534. The molecule has 3 aliphatic heterocycles. The minimum atomic E-state index is -4.31. The average Bonchev–Trinajstić information content (AvgIpc) is 4.05. The first kappa shape index (κ1) is 44.6. The first-order valence-corrected chi connectivity index (χ1v) is 22.5. The molecule has 1 saturated heterocycles. The van der Waals surface area contributed by atoms with Gasteiger partial charge in [-0.2, -0.15) is 0 Å². The third-order valence-corrected chi connectivity index (χ3v) is 14.6. The van der Waals surface area contributed by atoms with Gasteiger partial charge in [-0.3, -0.25) is 28.9 Å². The molecule has 0 aromatic heterocycles. The van der Waals surface area contributed by atoms with E-state index >= 15 is 0 Å². The summed E-state index contributed by atoms with van der Waals surface area (Å²) in [6, 6.07) is 2.37. The second-order valence-electron chi connectivity index (χ2n) is 17.2. The first-order chi connectivity index (χ1) is 27.8. The highest BCUT2D eigenvalue weighted by atomic mass is 35.5. The van der Waals surface area contributed by atoms with E-state index in [1.165, 1.54) is 26.8 Å². The second kappa shape index (κ2) is 17.6. The predicted molar refractivity (Wildman–Crippen MR) is 211 cm³/mol. The average molecular weight is 885 g/mol. The molecule has 0 bridgehead atoms. The Balaban J connectivity index is 1.35. The number of hydrogen-bond acceptors (Lipinski definition) is 11. The van der Waals surface area contributed by atoms with E-state index in [9.17, 15) is 46.5 Å². The molecule has 3 fully saturated rings. The standard InChI is InChI=1S/C40H50Cl2FN4O11S/c1-39(2,3)58-34(50)14-25-20-44(33(49)18-41)13-6-4-5-9-26-16-40(26,35(51)37(47(54)23-42)59(55,56)28-11-12-28)17-32(48)31-15-27(21-46(31)36(25)52)57-38(53)45-19-24-8-7-10-30(43)29(24)22-45/h5,7-10,25-28,31,37H,4,6,11-23H2,1-3H3/q+1/b9-5-/t25-,26+,27?,31?,37?,40+/m0/s1. The third kappa shape index (κ3) is 9.83. The molecule has 1 aromatic carbocycles. The number of ketones is 2. The molecule has 5 aliphatic rings. The van der Waals surface area contributed by atoms with Crippen LogP contribution in [-0.2, 0) is 56.4 Å². The van der Waals surface area contributed by atoms with Crippen molar-refractivity contribution in [2.45, 2.75) is 114 Å². The Bertz CT molecular complexity index is 2040. The van der Waals surface area contributed by atoms with Crippen molar-refractivity contribution in [3.63, 3.8) is 0 Å². The molecule has 6 atom stereocenters. The van der Waals surface area contributed by atoms with Crippen LogP contribution in [-0.4, -0.2) is 123 Å². The van der Waals surface area contributed by atoms with Crippen LogP contribution in [0.1, 0.15) is 83.3 Å². The lowest BCUT2D eigenvalue weighted by Crippen LogP contribution is -2.50. The quantitative estimate of drug-likeness (QED) is 0.107. The molecule has 0 N–H and O–H groups in total. The fourth-order valence-electron chi connectivity index (χ4n) is 8.46. The maximum atomic E-state index is 14.8. The fourth-order valence-corrected chi connectivity index (χ4v) is 10.9. The number of esters is 1. The van der Waals surface area contributed by atoms with Crippen LogP contribution >= 0.6 is 23.2 Å². The van der Waals surface area contributed by atoms with Gasteiger partial charge in [0, 0.05) is 47.7 Å². The van der Waals surface area contributed by atoms with Crippen LogP contribution in [0.3, 0.4) is 0 Å². The number of carbonyl (C=O) groups excluding carboxylic acids is 6. The number of rotatable bonds is 10. The number of alkyl halides is 2. The number of allylic oxidation sites excluding steroid dienone is 2. The highest BCUT2D eigenvalue weighted by Crippen LogP contribution is 2.59. The summed E-state index contributed by atoms with van der Waals surface area (Å²) in [5.41, 5.74) is -1.61. The molecule has 2 aliphatic carbocycles. The number of Topliss-reactive ketones (excluding diaryl/α,β-unsaturated/α-hetero) is 2. The van der Waals surface area contributed by atoms with Gasteiger partial charge in [0.2, 0.25) is 27.4 Å². The zero-order valence-electron chi connectivity index (χ0n) is 33.3. The van der Waals surface area contributed by atoms with Crippen LogP contribution in [0.4, 0.5) is 9.18 Å². The molecule has 0 radical (unpaired) electrons. The van der Waals surface area contributed by atoms with Gasteiger partial charge >= 0.3 is 17.4 Å². The normalized spacial score (nSPS) is 27.4. The number of halogens is 3. The molecule has 1 aromatic rings. The van der Waals surface area contributed by atoms with Crippen molar-refractivity contribution in [2.75, 3.05) is 31.5 Å². The van der Waals surface area contributed by atoms with Gasteiger partial charge in [0.05, 0.1) is 42.1 Å². The number of nitroso groups, excluding NO2 is 1. The number of sulfone groups is 1. The van der Waals surface area contributed by atoms with Gasteiger partial charge in [0.25, 0.3) is 6.00 Å². The SMILES string of the molecule is CC(C)(C)OC(=O)C[C@H]1CN(C(=O)CCl)CCC/C=C\[C@@H]2C[C@@]2(C(=O)C([N+](=O)CCl)S(=O)(=O)C2CC2)CC(=O)C2CC(OC(=O)N3Cc4cccc(F)c4C3)CN2C1=O. The number of fused-ring (bicyclic) bond motifs is 3. The van der Waals surface area contributed by atoms with Gasteiger partial charge in [-0.1, -0.05) is 24.3 Å². The second-order valence-corrected chi connectivity index (χ2v) is 20.0. The number of nitrogens with zero attached hydrogens (tertiary/aromatic N) is 4. The molecule has 2 saturated carbocycles. The van der Waals surface area contributed by atoms with Crippen molar-refractivity contribution in [3.8, 4) is 0 Å². The third-order valence-electron chi connectivity index (χ3n) is 11.6. The largest absolute Gasteiger partial charge is 0.460 e. The Kier molecular flexibility index (Phi) is 13.3. The summed E-state index contributed by atoms with van der Waals surface area (Å²) >= 11 is 11.8. The molecule has 3 unspecified atom stereocenters. The fraction of sp³-hybridized carbons (Fsp3) is 0.650. The van der Waals surface area contributed by atoms with E-state index in [0.717, 1.165) is 0 Å². The van der Waals surface area contributed by atoms with E-state index in [-0.39, 0.29) is 63.2 Å². The topological polar surface area (TPSA) is 185 Å². The molecule has 59 heavy (non-hydrogen) atoms. The van der Waals surface area contributed by atoms with Crippen LogP contribution in [0.2, 0.25) is 0 Å². The Morgan fingerprint density at radius 2 is 1.80 bits per heavy atom. The van der Waals surface area contributed by atoms with Gasteiger partial charge in [-0.25, -0.2) is 17.6 Å². The smallest absolute Gasteiger partial charge is 0.410 e. The summed E-state index contributed by atoms with van der Waals surface area (Å²) in [6.45, 7) is 4.53.